The maximum atomic E-state index is 12.5. The van der Waals surface area contributed by atoms with Gasteiger partial charge in [0.05, 0.1) is 19.0 Å². The van der Waals surface area contributed by atoms with Crippen molar-refractivity contribution in [1.82, 2.24) is 10.2 Å². The van der Waals surface area contributed by atoms with Crippen LogP contribution in [0.2, 0.25) is 0 Å². The van der Waals surface area contributed by atoms with E-state index in [1.807, 2.05) is 36.4 Å². The van der Waals surface area contributed by atoms with Gasteiger partial charge in [-0.3, -0.25) is 4.79 Å². The lowest BCUT2D eigenvalue weighted by Gasteiger charge is -2.44. The van der Waals surface area contributed by atoms with Gasteiger partial charge in [-0.2, -0.15) is 0 Å². The Hall–Kier alpha value is -3.39. The Morgan fingerprint density at radius 1 is 1.06 bits per heavy atom. The summed E-state index contributed by atoms with van der Waals surface area (Å²) >= 11 is 0. The number of β-amino-alcohol motifs (C(OH)–C–C–N with tert-alkyl or cyclic N) is 1. The molecule has 0 radical (unpaired) electrons. The Morgan fingerprint density at radius 2 is 1.59 bits per heavy atom. The fourth-order valence-corrected chi connectivity index (χ4v) is 4.33. The molecule has 32 heavy (non-hydrogen) atoms. The van der Waals surface area contributed by atoms with Crippen molar-refractivity contribution >= 4 is 18.0 Å². The maximum Gasteiger partial charge on any atom is 0.407 e. The first-order valence-electron chi connectivity index (χ1n) is 10.6. The van der Waals surface area contributed by atoms with Gasteiger partial charge in [-0.15, -0.1) is 0 Å². The van der Waals surface area contributed by atoms with Crippen LogP contribution in [0.3, 0.4) is 0 Å². The highest BCUT2D eigenvalue weighted by Gasteiger charge is 2.51. The molecule has 2 atom stereocenters. The summed E-state index contributed by atoms with van der Waals surface area (Å²) in [6.45, 7) is 2.99. The van der Waals surface area contributed by atoms with Gasteiger partial charge in [-0.05, 0) is 29.2 Å². The molecule has 2 amide bonds. The van der Waals surface area contributed by atoms with Gasteiger partial charge >= 0.3 is 12.1 Å². The summed E-state index contributed by atoms with van der Waals surface area (Å²) in [6.07, 6.45) is -0.621. The summed E-state index contributed by atoms with van der Waals surface area (Å²) in [5, 5.41) is 21.5. The molecule has 1 aliphatic heterocycles. The first-order chi connectivity index (χ1) is 15.2. The molecule has 0 spiro atoms. The zero-order valence-electron chi connectivity index (χ0n) is 17.9. The summed E-state index contributed by atoms with van der Waals surface area (Å²) in [5.74, 6) is -2.34. The van der Waals surface area contributed by atoms with Crippen LogP contribution in [0.15, 0.2) is 48.5 Å². The molecule has 2 unspecified atom stereocenters. The molecule has 2 aromatic rings. The monoisotopic (exact) mass is 438 g/mol. The fraction of sp³-hybridized carbons (Fsp3) is 0.375. The standard InChI is InChI=1S/C24H26N2O6/c1-14(21(27)26-12-24(31,13-26)22(28)29)15(2)25-23(30)32-11-20-18-9-5-3-7-16(18)17-8-4-6-10-19(17)20/h3-10,14-15,20,31H,11-13H2,1-2H3,(H,25,30)(H,28,29). The fourth-order valence-electron chi connectivity index (χ4n) is 4.33. The summed E-state index contributed by atoms with van der Waals surface area (Å²) in [7, 11) is 0. The number of likely N-dealkylation sites (tertiary alicyclic amines) is 1. The molecular formula is C24H26N2O6. The van der Waals surface area contributed by atoms with Crippen molar-refractivity contribution in [2.75, 3.05) is 19.7 Å². The number of carboxylic acid groups (broad SMARTS) is 1. The van der Waals surface area contributed by atoms with Crippen LogP contribution in [0, 0.1) is 5.92 Å². The van der Waals surface area contributed by atoms with Crippen molar-refractivity contribution in [3.05, 3.63) is 59.7 Å². The van der Waals surface area contributed by atoms with E-state index in [9.17, 15) is 19.5 Å². The highest BCUT2D eigenvalue weighted by Crippen LogP contribution is 2.44. The molecule has 168 valence electrons. The van der Waals surface area contributed by atoms with E-state index in [2.05, 4.69) is 17.4 Å². The topological polar surface area (TPSA) is 116 Å². The van der Waals surface area contributed by atoms with Crippen molar-refractivity contribution in [2.45, 2.75) is 31.4 Å². The van der Waals surface area contributed by atoms with Crippen molar-refractivity contribution in [2.24, 2.45) is 5.92 Å². The van der Waals surface area contributed by atoms with Crippen molar-refractivity contribution < 1.29 is 29.3 Å². The SMILES string of the molecule is CC(NC(=O)OCC1c2ccccc2-c2ccccc21)C(C)C(=O)N1CC(O)(C(=O)O)C1. The number of hydrogen-bond acceptors (Lipinski definition) is 5. The second kappa shape index (κ2) is 8.27. The molecule has 1 aliphatic carbocycles. The van der Waals surface area contributed by atoms with E-state index >= 15 is 0 Å². The van der Waals surface area contributed by atoms with Crippen LogP contribution in [0.5, 0.6) is 0 Å². The Morgan fingerprint density at radius 3 is 2.12 bits per heavy atom. The summed E-state index contributed by atoms with van der Waals surface area (Å²) in [6, 6.07) is 15.6. The minimum Gasteiger partial charge on any atom is -0.479 e. The number of nitrogens with one attached hydrogen (secondary N) is 1. The first-order valence-corrected chi connectivity index (χ1v) is 10.6. The number of carbonyl (C=O) groups is 3. The summed E-state index contributed by atoms with van der Waals surface area (Å²) in [5.41, 5.74) is 2.61. The first kappa shape index (κ1) is 21.8. The average molecular weight is 438 g/mol. The third kappa shape index (κ3) is 3.82. The lowest BCUT2D eigenvalue weighted by Crippen LogP contribution is -2.68. The molecule has 0 aromatic heterocycles. The van der Waals surface area contributed by atoms with Crippen molar-refractivity contribution in [1.29, 1.82) is 0 Å². The zero-order chi connectivity index (χ0) is 23.0. The van der Waals surface area contributed by atoms with Crippen LogP contribution in [-0.2, 0) is 14.3 Å². The number of rotatable bonds is 6. The van der Waals surface area contributed by atoms with E-state index < -0.39 is 29.6 Å². The van der Waals surface area contributed by atoms with Crippen LogP contribution in [-0.4, -0.2) is 64.4 Å². The Bertz CT molecular complexity index is 1020. The van der Waals surface area contributed by atoms with Gasteiger partial charge in [0.15, 0.2) is 5.60 Å². The lowest BCUT2D eigenvalue weighted by atomic mass is 9.91. The molecule has 0 bridgehead atoms. The Labute approximate surface area is 185 Å². The van der Waals surface area contributed by atoms with E-state index in [-0.39, 0.29) is 31.5 Å². The minimum atomic E-state index is -1.89. The molecule has 0 saturated carbocycles. The predicted molar refractivity (Wildman–Crippen MR) is 116 cm³/mol. The second-order valence-electron chi connectivity index (χ2n) is 8.58. The van der Waals surface area contributed by atoms with Gasteiger partial charge in [0.1, 0.15) is 6.61 Å². The van der Waals surface area contributed by atoms with Gasteiger partial charge in [0.25, 0.3) is 0 Å². The van der Waals surface area contributed by atoms with Gasteiger partial charge in [-0.25, -0.2) is 9.59 Å². The normalized spacial score (nSPS) is 18.0. The molecule has 2 aliphatic rings. The van der Waals surface area contributed by atoms with Crippen LogP contribution < -0.4 is 5.32 Å². The van der Waals surface area contributed by atoms with Crippen LogP contribution in [0.25, 0.3) is 11.1 Å². The third-order valence-corrected chi connectivity index (χ3v) is 6.44. The van der Waals surface area contributed by atoms with Crippen molar-refractivity contribution in [3.8, 4) is 11.1 Å². The van der Waals surface area contributed by atoms with E-state index in [1.54, 1.807) is 13.8 Å². The smallest absolute Gasteiger partial charge is 0.407 e. The van der Waals surface area contributed by atoms with Crippen LogP contribution >= 0.6 is 0 Å². The molecule has 2 aromatic carbocycles. The van der Waals surface area contributed by atoms with E-state index in [1.165, 1.54) is 4.90 Å². The number of carbonyl (C=O) groups excluding carboxylic acids is 2. The molecule has 4 rings (SSSR count). The van der Waals surface area contributed by atoms with Crippen LogP contribution in [0.1, 0.15) is 30.9 Å². The maximum absolute atomic E-state index is 12.5. The number of benzene rings is 2. The number of amides is 2. The van der Waals surface area contributed by atoms with Gasteiger partial charge < -0.3 is 25.2 Å². The number of carboxylic acids is 1. The quantitative estimate of drug-likeness (QED) is 0.637. The number of nitrogens with zero attached hydrogens (tertiary/aromatic N) is 1. The highest BCUT2D eigenvalue weighted by atomic mass is 16.5. The Balaban J connectivity index is 1.33. The van der Waals surface area contributed by atoms with E-state index in [0.29, 0.717) is 0 Å². The Kier molecular flexibility index (Phi) is 5.64. The van der Waals surface area contributed by atoms with Gasteiger partial charge in [-0.1, -0.05) is 55.5 Å². The second-order valence-corrected chi connectivity index (χ2v) is 8.58. The molecule has 8 nitrogen and oxygen atoms in total. The third-order valence-electron chi connectivity index (χ3n) is 6.44. The minimum absolute atomic E-state index is 0.0581. The largest absolute Gasteiger partial charge is 0.479 e. The van der Waals surface area contributed by atoms with Gasteiger partial charge in [0, 0.05) is 12.0 Å². The molecule has 1 saturated heterocycles. The highest BCUT2D eigenvalue weighted by molar-refractivity contribution is 5.86. The number of aliphatic carboxylic acids is 1. The van der Waals surface area contributed by atoms with Crippen LogP contribution in [0.4, 0.5) is 4.79 Å². The van der Waals surface area contributed by atoms with E-state index in [0.717, 1.165) is 22.3 Å². The predicted octanol–water partition coefficient (Wildman–Crippen LogP) is 2.21. The number of aliphatic hydroxyl groups is 1. The number of fused-ring (bicyclic) bond motifs is 3. The number of alkyl carbamates (subject to hydrolysis) is 1. The molecule has 1 fully saturated rings. The molecule has 3 N–H and O–H groups in total. The number of ether oxygens (including phenoxy) is 1. The molecule has 8 heteroatoms. The zero-order valence-corrected chi connectivity index (χ0v) is 17.9. The van der Waals surface area contributed by atoms with Crippen molar-refractivity contribution in [3.63, 3.8) is 0 Å². The summed E-state index contributed by atoms with van der Waals surface area (Å²) < 4.78 is 5.51. The van der Waals surface area contributed by atoms with E-state index in [4.69, 9.17) is 9.84 Å². The lowest BCUT2D eigenvalue weighted by molar-refractivity contribution is -0.183. The number of hydrogen-bond donors (Lipinski definition) is 3. The molecular weight excluding hydrogens is 412 g/mol. The summed E-state index contributed by atoms with van der Waals surface area (Å²) in [4.78, 5) is 37.2. The van der Waals surface area contributed by atoms with Gasteiger partial charge in [0.2, 0.25) is 5.91 Å². The molecule has 1 heterocycles. The average Bonchev–Trinajstić information content (AvgIpc) is 3.08.